The third kappa shape index (κ3) is 1.33. The summed E-state index contributed by atoms with van der Waals surface area (Å²) in [6, 6.07) is 8.02. The summed E-state index contributed by atoms with van der Waals surface area (Å²) < 4.78 is 0. The molecule has 3 nitrogen and oxygen atoms in total. The lowest BCUT2D eigenvalue weighted by molar-refractivity contribution is -0.133. The Morgan fingerprint density at radius 2 is 2.00 bits per heavy atom. The van der Waals surface area contributed by atoms with Crippen LogP contribution in [-0.4, -0.2) is 28.7 Å². The van der Waals surface area contributed by atoms with Crippen molar-refractivity contribution in [1.82, 2.24) is 4.90 Å². The zero-order valence-corrected chi connectivity index (χ0v) is 10.7. The van der Waals surface area contributed by atoms with Gasteiger partial charge in [-0.1, -0.05) is 24.3 Å². The SMILES string of the molecule is O=C1C=C2c3ccccc3CC(=O)N3CCC[C@]23C1. The van der Waals surface area contributed by atoms with E-state index in [0.29, 0.717) is 12.8 Å². The number of ketones is 1. The van der Waals surface area contributed by atoms with Gasteiger partial charge in [-0.2, -0.15) is 0 Å². The van der Waals surface area contributed by atoms with Crippen LogP contribution in [0.1, 0.15) is 30.4 Å². The molecule has 0 saturated carbocycles. The Kier molecular flexibility index (Phi) is 2.06. The molecule has 1 aromatic rings. The molecule has 2 aliphatic heterocycles. The van der Waals surface area contributed by atoms with Gasteiger partial charge in [-0.25, -0.2) is 0 Å². The Hall–Kier alpha value is -1.90. The first-order valence-electron chi connectivity index (χ1n) is 6.84. The largest absolute Gasteiger partial charge is 0.332 e. The minimum absolute atomic E-state index is 0.159. The lowest BCUT2D eigenvalue weighted by Crippen LogP contribution is -2.46. The van der Waals surface area contributed by atoms with Crippen molar-refractivity contribution >= 4 is 17.3 Å². The predicted octanol–water partition coefficient (Wildman–Crippen LogP) is 1.96. The van der Waals surface area contributed by atoms with E-state index in [9.17, 15) is 9.59 Å². The first-order valence-corrected chi connectivity index (χ1v) is 6.84. The van der Waals surface area contributed by atoms with Crippen molar-refractivity contribution in [3.8, 4) is 0 Å². The van der Waals surface area contributed by atoms with E-state index in [2.05, 4.69) is 6.07 Å². The molecule has 19 heavy (non-hydrogen) atoms. The van der Waals surface area contributed by atoms with Gasteiger partial charge in [0, 0.05) is 13.0 Å². The first-order chi connectivity index (χ1) is 9.21. The summed E-state index contributed by atoms with van der Waals surface area (Å²) in [4.78, 5) is 26.4. The van der Waals surface area contributed by atoms with Gasteiger partial charge in [0.1, 0.15) is 0 Å². The second-order valence-electron chi connectivity index (χ2n) is 5.72. The maximum absolute atomic E-state index is 12.5. The molecule has 3 aliphatic rings. The highest BCUT2D eigenvalue weighted by molar-refractivity contribution is 6.08. The molecule has 1 amide bonds. The zero-order valence-electron chi connectivity index (χ0n) is 10.7. The predicted molar refractivity (Wildman–Crippen MR) is 71.4 cm³/mol. The van der Waals surface area contributed by atoms with Crippen molar-refractivity contribution in [2.45, 2.75) is 31.2 Å². The average molecular weight is 253 g/mol. The normalized spacial score (nSPS) is 28.6. The Morgan fingerprint density at radius 3 is 2.89 bits per heavy atom. The Labute approximate surface area is 111 Å². The van der Waals surface area contributed by atoms with Gasteiger partial charge in [0.2, 0.25) is 5.91 Å². The summed E-state index contributed by atoms with van der Waals surface area (Å²) >= 11 is 0. The van der Waals surface area contributed by atoms with Crippen LogP contribution in [0.5, 0.6) is 0 Å². The average Bonchev–Trinajstić information content (AvgIpc) is 2.93. The lowest BCUT2D eigenvalue weighted by Gasteiger charge is -2.35. The van der Waals surface area contributed by atoms with Gasteiger partial charge >= 0.3 is 0 Å². The highest BCUT2D eigenvalue weighted by Gasteiger charge is 2.52. The molecule has 1 spiro atoms. The first kappa shape index (κ1) is 11.0. The number of benzene rings is 1. The van der Waals surface area contributed by atoms with Crippen molar-refractivity contribution in [2.24, 2.45) is 0 Å². The Balaban J connectivity index is 2.00. The molecule has 1 atom stereocenters. The smallest absolute Gasteiger partial charge is 0.227 e. The van der Waals surface area contributed by atoms with Crippen LogP contribution in [0, 0.1) is 0 Å². The van der Waals surface area contributed by atoms with Crippen molar-refractivity contribution < 1.29 is 9.59 Å². The van der Waals surface area contributed by atoms with Crippen LogP contribution in [0.15, 0.2) is 30.3 Å². The lowest BCUT2D eigenvalue weighted by atomic mass is 9.84. The molecule has 0 aromatic heterocycles. The molecule has 0 bridgehead atoms. The second kappa shape index (κ2) is 3.56. The molecule has 1 aromatic carbocycles. The molecule has 1 fully saturated rings. The standard InChI is InChI=1S/C16H15NO2/c18-12-9-14-13-5-2-1-4-11(13)8-15(19)17-7-3-6-16(14,17)10-12/h1-2,4-5,9H,3,6-8,10H2/t16-/m0/s1. The van der Waals surface area contributed by atoms with Crippen LogP contribution in [0.4, 0.5) is 0 Å². The number of fused-ring (bicyclic) bond motifs is 2. The number of amides is 1. The fourth-order valence-electron chi connectivity index (χ4n) is 3.96. The number of carbonyl (C=O) groups is 2. The van der Waals surface area contributed by atoms with Crippen molar-refractivity contribution in [1.29, 1.82) is 0 Å². The Bertz CT molecular complexity index is 631. The number of allylic oxidation sites excluding steroid dienone is 1. The number of carbonyl (C=O) groups excluding carboxylic acids is 2. The summed E-state index contributed by atoms with van der Waals surface area (Å²) in [7, 11) is 0. The zero-order chi connectivity index (χ0) is 13.0. The van der Waals surface area contributed by atoms with Gasteiger partial charge in [0.05, 0.1) is 12.0 Å². The molecular formula is C16H15NO2. The number of hydrogen-bond acceptors (Lipinski definition) is 2. The molecule has 2 heterocycles. The van der Waals surface area contributed by atoms with Gasteiger partial charge in [0.15, 0.2) is 5.78 Å². The third-order valence-corrected chi connectivity index (χ3v) is 4.71. The van der Waals surface area contributed by atoms with Crippen LogP contribution in [0.25, 0.3) is 5.57 Å². The van der Waals surface area contributed by atoms with Crippen molar-refractivity contribution in [2.75, 3.05) is 6.54 Å². The van der Waals surface area contributed by atoms with Gasteiger partial charge in [-0.05, 0) is 35.6 Å². The minimum Gasteiger partial charge on any atom is -0.332 e. The van der Waals surface area contributed by atoms with Crippen molar-refractivity contribution in [3.63, 3.8) is 0 Å². The molecule has 96 valence electrons. The summed E-state index contributed by atoms with van der Waals surface area (Å²) in [5.74, 6) is 0.328. The summed E-state index contributed by atoms with van der Waals surface area (Å²) in [6.07, 6.45) is 4.63. The van der Waals surface area contributed by atoms with Crippen molar-refractivity contribution in [3.05, 3.63) is 41.5 Å². The maximum atomic E-state index is 12.5. The molecule has 0 radical (unpaired) electrons. The highest BCUT2D eigenvalue weighted by atomic mass is 16.2. The highest BCUT2D eigenvalue weighted by Crippen LogP contribution is 2.49. The van der Waals surface area contributed by atoms with Gasteiger partial charge in [0.25, 0.3) is 0 Å². The molecule has 0 unspecified atom stereocenters. The topological polar surface area (TPSA) is 37.4 Å². The van der Waals surface area contributed by atoms with E-state index in [0.717, 1.165) is 36.1 Å². The van der Waals surface area contributed by atoms with E-state index in [4.69, 9.17) is 0 Å². The van der Waals surface area contributed by atoms with E-state index >= 15 is 0 Å². The van der Waals surface area contributed by atoms with Crippen LogP contribution < -0.4 is 0 Å². The van der Waals surface area contributed by atoms with E-state index in [1.54, 1.807) is 6.08 Å². The molecule has 1 saturated heterocycles. The van der Waals surface area contributed by atoms with E-state index in [1.807, 2.05) is 23.1 Å². The summed E-state index contributed by atoms with van der Waals surface area (Å²) in [5.41, 5.74) is 2.91. The monoisotopic (exact) mass is 253 g/mol. The molecule has 0 N–H and O–H groups in total. The fraction of sp³-hybridized carbons (Fsp3) is 0.375. The van der Waals surface area contributed by atoms with Gasteiger partial charge in [-0.15, -0.1) is 0 Å². The Morgan fingerprint density at radius 1 is 1.16 bits per heavy atom. The summed E-state index contributed by atoms with van der Waals surface area (Å²) in [6.45, 7) is 0.789. The molecule has 4 rings (SSSR count). The maximum Gasteiger partial charge on any atom is 0.227 e. The number of hydrogen-bond donors (Lipinski definition) is 0. The van der Waals surface area contributed by atoms with Gasteiger partial charge < -0.3 is 4.90 Å². The second-order valence-corrected chi connectivity index (χ2v) is 5.72. The third-order valence-electron chi connectivity index (χ3n) is 4.71. The van der Waals surface area contributed by atoms with Gasteiger partial charge in [-0.3, -0.25) is 9.59 Å². The van der Waals surface area contributed by atoms with Crippen LogP contribution >= 0.6 is 0 Å². The minimum atomic E-state index is -0.333. The van der Waals surface area contributed by atoms with E-state index in [1.165, 1.54) is 0 Å². The van der Waals surface area contributed by atoms with Crippen LogP contribution in [0.3, 0.4) is 0 Å². The molecule has 3 heteroatoms. The fourth-order valence-corrected chi connectivity index (χ4v) is 3.96. The number of nitrogens with zero attached hydrogens (tertiary/aromatic N) is 1. The summed E-state index contributed by atoms with van der Waals surface area (Å²) in [5, 5.41) is 0. The molecular weight excluding hydrogens is 238 g/mol. The molecule has 1 aliphatic carbocycles. The van der Waals surface area contributed by atoms with E-state index in [-0.39, 0.29) is 17.2 Å². The van der Waals surface area contributed by atoms with E-state index < -0.39 is 0 Å². The van der Waals surface area contributed by atoms with Crippen LogP contribution in [-0.2, 0) is 16.0 Å². The van der Waals surface area contributed by atoms with Crippen LogP contribution in [0.2, 0.25) is 0 Å². The quantitative estimate of drug-likeness (QED) is 0.708. The number of rotatable bonds is 0.